The lowest BCUT2D eigenvalue weighted by molar-refractivity contribution is -0.124. The van der Waals surface area contributed by atoms with Gasteiger partial charge < -0.3 is 0 Å². The fraction of sp³-hybridized carbons (Fsp3) is 0.375. The Labute approximate surface area is 174 Å². The Morgan fingerprint density at radius 3 is 1.83 bits per heavy atom. The van der Waals surface area contributed by atoms with Crippen LogP contribution in [-0.4, -0.2) is 34.4 Å². The first-order valence-corrected chi connectivity index (χ1v) is 12.0. The van der Waals surface area contributed by atoms with E-state index in [1.807, 2.05) is 83.9 Å². The molecule has 2 aromatic rings. The van der Waals surface area contributed by atoms with Crippen LogP contribution in [0.2, 0.25) is 0 Å². The molecule has 0 atom stereocenters. The fourth-order valence-corrected chi connectivity index (χ4v) is 6.90. The van der Waals surface area contributed by atoms with Gasteiger partial charge in [-0.1, -0.05) is 80.6 Å². The Hall–Kier alpha value is -2.00. The highest BCUT2D eigenvalue weighted by Gasteiger charge is 2.46. The lowest BCUT2D eigenvalue weighted by Gasteiger charge is -2.32. The summed E-state index contributed by atoms with van der Waals surface area (Å²) in [7, 11) is -3.01. The van der Waals surface area contributed by atoms with Crippen molar-refractivity contribution in [1.82, 2.24) is 9.34 Å². The van der Waals surface area contributed by atoms with Crippen molar-refractivity contribution in [3.63, 3.8) is 0 Å². The summed E-state index contributed by atoms with van der Waals surface area (Å²) in [6, 6.07) is 20.1. The number of nitrogens with zero attached hydrogens (tertiary/aromatic N) is 2. The summed E-state index contributed by atoms with van der Waals surface area (Å²) >= 11 is 0. The molecule has 1 aliphatic rings. The van der Waals surface area contributed by atoms with Crippen molar-refractivity contribution in [3.05, 3.63) is 84.4 Å². The van der Waals surface area contributed by atoms with Crippen LogP contribution in [0.1, 0.15) is 31.4 Å². The van der Waals surface area contributed by atoms with Crippen LogP contribution in [0.4, 0.5) is 0 Å². The minimum Gasteiger partial charge on any atom is -0.298 e. The zero-order chi connectivity index (χ0) is 20.9. The largest absolute Gasteiger partial charge is 0.298 e. The third-order valence-corrected chi connectivity index (χ3v) is 8.82. The van der Waals surface area contributed by atoms with E-state index in [0.29, 0.717) is 32.6 Å². The molecule has 5 heteroatoms. The molecule has 0 aromatic heterocycles. The molecule has 3 rings (SSSR count). The number of ketones is 1. The molecule has 154 valence electrons. The van der Waals surface area contributed by atoms with Crippen LogP contribution >= 0.6 is 7.44 Å². The van der Waals surface area contributed by atoms with E-state index in [-0.39, 0.29) is 11.9 Å². The van der Waals surface area contributed by atoms with E-state index in [9.17, 15) is 9.36 Å². The normalized spacial score (nSPS) is 17.3. The molecule has 0 unspecified atom stereocenters. The van der Waals surface area contributed by atoms with E-state index in [1.165, 1.54) is 0 Å². The number of carbonyl (C=O) groups is 1. The standard InChI is InChI=1S/C24H31N2O2P/c1-4-15-24(2,3)23(27)20-29(28)25(18-21-11-7-5-8-12-21)16-17-26(29)19-22-13-9-6-10-14-22/h4-14H,1,15-20H2,2-3H3. The van der Waals surface area contributed by atoms with Gasteiger partial charge in [0.05, 0.1) is 6.16 Å². The molecule has 1 saturated heterocycles. The SMILES string of the molecule is C=CCC(C)(C)C(=O)CP1(=O)N(Cc2ccccc2)CCN1Cc1ccccc1. The maximum Gasteiger partial charge on any atom is 0.224 e. The Bertz CT molecular complexity index is 827. The molecule has 1 heterocycles. The summed E-state index contributed by atoms with van der Waals surface area (Å²) in [6.45, 7) is 10.2. The Kier molecular flexibility index (Phi) is 6.89. The molecule has 0 radical (unpaired) electrons. The summed E-state index contributed by atoms with van der Waals surface area (Å²) in [5.41, 5.74) is 1.68. The van der Waals surface area contributed by atoms with Gasteiger partial charge in [-0.05, 0) is 17.5 Å². The number of hydrogen-bond acceptors (Lipinski definition) is 2. The molecule has 0 N–H and O–H groups in total. The lowest BCUT2D eigenvalue weighted by atomic mass is 9.85. The van der Waals surface area contributed by atoms with Crippen molar-refractivity contribution in [2.75, 3.05) is 19.3 Å². The Morgan fingerprint density at radius 2 is 1.41 bits per heavy atom. The van der Waals surface area contributed by atoms with Crippen molar-refractivity contribution in [2.45, 2.75) is 33.4 Å². The zero-order valence-corrected chi connectivity index (χ0v) is 18.4. The molecular formula is C24H31N2O2P. The van der Waals surface area contributed by atoms with Gasteiger partial charge in [0.25, 0.3) is 0 Å². The van der Waals surface area contributed by atoms with Crippen molar-refractivity contribution in [2.24, 2.45) is 5.41 Å². The average Bonchev–Trinajstić information content (AvgIpc) is 2.99. The van der Waals surface area contributed by atoms with Gasteiger partial charge in [-0.2, -0.15) is 0 Å². The first-order valence-electron chi connectivity index (χ1n) is 10.2. The Morgan fingerprint density at radius 1 is 0.966 bits per heavy atom. The molecule has 2 aromatic carbocycles. The van der Waals surface area contributed by atoms with Gasteiger partial charge in [-0.15, -0.1) is 6.58 Å². The van der Waals surface area contributed by atoms with Crippen LogP contribution in [0.3, 0.4) is 0 Å². The molecule has 0 spiro atoms. The van der Waals surface area contributed by atoms with E-state index in [0.717, 1.165) is 11.1 Å². The summed E-state index contributed by atoms with van der Waals surface area (Å²) in [5, 5.41) is 0. The van der Waals surface area contributed by atoms with E-state index in [2.05, 4.69) is 6.58 Å². The molecule has 29 heavy (non-hydrogen) atoms. The highest BCUT2D eigenvalue weighted by Crippen LogP contribution is 2.58. The molecule has 0 amide bonds. The minimum absolute atomic E-state index is 0.0405. The predicted molar refractivity (Wildman–Crippen MR) is 120 cm³/mol. The van der Waals surface area contributed by atoms with Crippen LogP contribution in [0.15, 0.2) is 73.3 Å². The van der Waals surface area contributed by atoms with Crippen molar-refractivity contribution < 1.29 is 9.36 Å². The van der Waals surface area contributed by atoms with Gasteiger partial charge in [0, 0.05) is 31.6 Å². The fourth-order valence-electron chi connectivity index (χ4n) is 3.77. The van der Waals surface area contributed by atoms with Gasteiger partial charge in [0.15, 0.2) is 0 Å². The first-order chi connectivity index (χ1) is 13.8. The number of carbonyl (C=O) groups excluding carboxylic acids is 1. The highest BCUT2D eigenvalue weighted by atomic mass is 31.2. The highest BCUT2D eigenvalue weighted by molar-refractivity contribution is 7.60. The van der Waals surface area contributed by atoms with Crippen molar-refractivity contribution >= 4 is 13.2 Å². The van der Waals surface area contributed by atoms with Crippen molar-refractivity contribution in [3.8, 4) is 0 Å². The molecule has 0 aliphatic carbocycles. The van der Waals surface area contributed by atoms with Gasteiger partial charge in [-0.25, -0.2) is 9.34 Å². The van der Waals surface area contributed by atoms with Gasteiger partial charge in [-0.3, -0.25) is 9.36 Å². The number of benzene rings is 2. The van der Waals surface area contributed by atoms with E-state index >= 15 is 0 Å². The topological polar surface area (TPSA) is 40.6 Å². The monoisotopic (exact) mass is 410 g/mol. The smallest absolute Gasteiger partial charge is 0.224 e. The minimum atomic E-state index is -3.01. The second-order valence-electron chi connectivity index (χ2n) is 8.37. The van der Waals surface area contributed by atoms with Gasteiger partial charge >= 0.3 is 0 Å². The van der Waals surface area contributed by atoms with Crippen molar-refractivity contribution in [1.29, 1.82) is 0 Å². The second kappa shape index (κ2) is 9.21. The average molecular weight is 410 g/mol. The summed E-state index contributed by atoms with van der Waals surface area (Å²) < 4.78 is 18.4. The van der Waals surface area contributed by atoms with E-state index < -0.39 is 12.9 Å². The summed E-state index contributed by atoms with van der Waals surface area (Å²) in [6.07, 6.45) is 2.43. The second-order valence-corrected chi connectivity index (χ2v) is 11.1. The molecule has 0 bridgehead atoms. The maximum atomic E-state index is 14.4. The number of rotatable bonds is 9. The lowest BCUT2D eigenvalue weighted by Crippen LogP contribution is -2.32. The number of Topliss-reactive ketones (excluding diaryl/α,β-unsaturated/α-hetero) is 1. The van der Waals surface area contributed by atoms with Crippen LogP contribution in [-0.2, 0) is 22.4 Å². The maximum absolute atomic E-state index is 14.4. The zero-order valence-electron chi connectivity index (χ0n) is 17.5. The molecule has 1 aliphatic heterocycles. The molecular weight excluding hydrogens is 379 g/mol. The van der Waals surface area contributed by atoms with Gasteiger partial charge in [0.1, 0.15) is 5.78 Å². The number of hydrogen-bond donors (Lipinski definition) is 0. The Balaban J connectivity index is 1.87. The first kappa shape index (κ1) is 21.7. The van der Waals surface area contributed by atoms with Crippen LogP contribution < -0.4 is 0 Å². The van der Waals surface area contributed by atoms with Gasteiger partial charge in [0.2, 0.25) is 7.44 Å². The number of allylic oxidation sites excluding steroid dienone is 1. The van der Waals surface area contributed by atoms with E-state index in [4.69, 9.17) is 0 Å². The summed E-state index contributed by atoms with van der Waals surface area (Å²) in [4.78, 5) is 13.1. The van der Waals surface area contributed by atoms with E-state index in [1.54, 1.807) is 6.08 Å². The predicted octanol–water partition coefficient (Wildman–Crippen LogP) is 5.37. The van der Waals surface area contributed by atoms with Crippen LogP contribution in [0.25, 0.3) is 0 Å². The molecule has 4 nitrogen and oxygen atoms in total. The third-order valence-electron chi connectivity index (χ3n) is 5.68. The molecule has 0 saturated carbocycles. The quantitative estimate of drug-likeness (QED) is 0.412. The van der Waals surface area contributed by atoms with Crippen LogP contribution in [0.5, 0.6) is 0 Å². The molecule has 1 fully saturated rings. The third kappa shape index (κ3) is 5.14. The van der Waals surface area contributed by atoms with Crippen LogP contribution in [0, 0.1) is 5.41 Å². The summed E-state index contributed by atoms with van der Waals surface area (Å²) in [5.74, 6) is 0.0405.